The zero-order valence-electron chi connectivity index (χ0n) is 16.8. The van der Waals surface area contributed by atoms with Crippen LogP contribution in [0, 0.1) is 0 Å². The third kappa shape index (κ3) is 5.58. The SMILES string of the molecule is COc1ccc(C(=O)N[C@@H](Cc2ccccc2)C(O)P(=O)(OC)OC)c(OC)c1. The van der Waals surface area contributed by atoms with Gasteiger partial charge >= 0.3 is 7.60 Å². The number of rotatable bonds is 10. The van der Waals surface area contributed by atoms with Gasteiger partial charge in [-0.05, 0) is 24.1 Å². The number of hydrogen-bond donors (Lipinski definition) is 2. The molecule has 0 saturated carbocycles. The van der Waals surface area contributed by atoms with E-state index in [1.165, 1.54) is 28.4 Å². The summed E-state index contributed by atoms with van der Waals surface area (Å²) in [6.07, 6.45) is 0.211. The number of amides is 1. The van der Waals surface area contributed by atoms with Gasteiger partial charge in [0.1, 0.15) is 11.5 Å². The molecule has 2 atom stereocenters. The normalized spacial score (nSPS) is 13.4. The molecular weight excluding hydrogens is 397 g/mol. The maximum absolute atomic E-state index is 12.9. The van der Waals surface area contributed by atoms with Gasteiger partial charge in [-0.15, -0.1) is 0 Å². The molecule has 0 aromatic heterocycles. The number of carbonyl (C=O) groups is 1. The molecule has 0 bridgehead atoms. The predicted octanol–water partition coefficient (Wildman–Crippen LogP) is 2.85. The molecule has 0 saturated heterocycles. The molecule has 158 valence electrons. The summed E-state index contributed by atoms with van der Waals surface area (Å²) in [5, 5.41) is 13.4. The molecule has 8 nitrogen and oxygen atoms in total. The molecule has 2 N–H and O–H groups in total. The van der Waals surface area contributed by atoms with Gasteiger partial charge in [0.25, 0.3) is 5.91 Å². The lowest BCUT2D eigenvalue weighted by Gasteiger charge is -2.28. The van der Waals surface area contributed by atoms with Crippen molar-refractivity contribution in [2.24, 2.45) is 0 Å². The minimum Gasteiger partial charge on any atom is -0.497 e. The molecule has 1 amide bonds. The van der Waals surface area contributed by atoms with Crippen LogP contribution in [0.4, 0.5) is 0 Å². The van der Waals surface area contributed by atoms with Crippen LogP contribution in [0.15, 0.2) is 48.5 Å². The van der Waals surface area contributed by atoms with Gasteiger partial charge in [-0.1, -0.05) is 30.3 Å². The monoisotopic (exact) mass is 423 g/mol. The first kappa shape index (κ1) is 22.9. The highest BCUT2D eigenvalue weighted by molar-refractivity contribution is 7.54. The summed E-state index contributed by atoms with van der Waals surface area (Å²) in [5.74, 6) is -1.26. The van der Waals surface area contributed by atoms with Crippen LogP contribution in [0.5, 0.6) is 11.5 Å². The molecule has 0 fully saturated rings. The zero-order chi connectivity index (χ0) is 21.4. The summed E-state index contributed by atoms with van der Waals surface area (Å²) >= 11 is 0. The Labute approximate surface area is 170 Å². The number of hydrogen-bond acceptors (Lipinski definition) is 7. The Morgan fingerprint density at radius 3 is 2.24 bits per heavy atom. The summed E-state index contributed by atoms with van der Waals surface area (Å²) in [7, 11) is 1.45. The lowest BCUT2D eigenvalue weighted by Crippen LogP contribution is -2.45. The van der Waals surface area contributed by atoms with Crippen LogP contribution in [0.2, 0.25) is 0 Å². The van der Waals surface area contributed by atoms with Gasteiger partial charge in [-0.3, -0.25) is 9.36 Å². The van der Waals surface area contributed by atoms with Crippen LogP contribution >= 0.6 is 7.60 Å². The van der Waals surface area contributed by atoms with Gasteiger partial charge in [-0.2, -0.15) is 0 Å². The summed E-state index contributed by atoms with van der Waals surface area (Å²) < 4.78 is 33.0. The van der Waals surface area contributed by atoms with E-state index >= 15 is 0 Å². The molecule has 0 radical (unpaired) electrons. The van der Waals surface area contributed by atoms with Crippen molar-refractivity contribution in [3.63, 3.8) is 0 Å². The largest absolute Gasteiger partial charge is 0.497 e. The average Bonchev–Trinajstić information content (AvgIpc) is 2.77. The highest BCUT2D eigenvalue weighted by Gasteiger charge is 2.39. The molecule has 2 rings (SSSR count). The third-order valence-electron chi connectivity index (χ3n) is 4.46. The highest BCUT2D eigenvalue weighted by Crippen LogP contribution is 2.52. The smallest absolute Gasteiger partial charge is 0.360 e. The fourth-order valence-corrected chi connectivity index (χ4v) is 4.04. The van der Waals surface area contributed by atoms with Crippen molar-refractivity contribution in [2.75, 3.05) is 28.4 Å². The second kappa shape index (κ2) is 10.4. The Hall–Kier alpha value is -2.38. The average molecular weight is 423 g/mol. The van der Waals surface area contributed by atoms with Gasteiger partial charge in [0, 0.05) is 20.3 Å². The second-order valence-corrected chi connectivity index (χ2v) is 8.49. The molecule has 2 aromatic rings. The van der Waals surface area contributed by atoms with Crippen molar-refractivity contribution < 1.29 is 33.0 Å². The van der Waals surface area contributed by atoms with Gasteiger partial charge in [0.15, 0.2) is 5.85 Å². The number of ether oxygens (including phenoxy) is 2. The molecule has 0 aliphatic heterocycles. The minimum atomic E-state index is -3.85. The van der Waals surface area contributed by atoms with E-state index < -0.39 is 25.4 Å². The van der Waals surface area contributed by atoms with E-state index in [-0.39, 0.29) is 12.0 Å². The molecule has 9 heteroatoms. The number of benzene rings is 2. The Morgan fingerprint density at radius 1 is 1.03 bits per heavy atom. The van der Waals surface area contributed by atoms with Crippen LogP contribution in [0.25, 0.3) is 0 Å². The molecular formula is C20H26NO7P. The number of nitrogens with one attached hydrogen (secondary N) is 1. The first-order valence-electron chi connectivity index (χ1n) is 8.84. The van der Waals surface area contributed by atoms with E-state index in [0.29, 0.717) is 11.5 Å². The van der Waals surface area contributed by atoms with Gasteiger partial charge in [0.2, 0.25) is 0 Å². The van der Waals surface area contributed by atoms with E-state index in [9.17, 15) is 14.5 Å². The van der Waals surface area contributed by atoms with Crippen molar-refractivity contribution in [1.29, 1.82) is 0 Å². The molecule has 0 aliphatic rings. The van der Waals surface area contributed by atoms with E-state index in [2.05, 4.69) is 5.32 Å². The number of carbonyl (C=O) groups excluding carboxylic acids is 1. The van der Waals surface area contributed by atoms with E-state index in [0.717, 1.165) is 5.56 Å². The van der Waals surface area contributed by atoms with Crippen LogP contribution in [0.3, 0.4) is 0 Å². The standard InChI is InChI=1S/C20H26NO7P/c1-25-15-10-11-16(18(13-15)26-2)19(22)21-17(12-14-8-6-5-7-9-14)20(23)29(24,27-3)28-4/h5-11,13,17,20,23H,12H2,1-4H3,(H,21,22)/t17-,20?/m0/s1. The van der Waals surface area contributed by atoms with Gasteiger partial charge in [0.05, 0.1) is 25.8 Å². The van der Waals surface area contributed by atoms with Gasteiger partial charge in [-0.25, -0.2) is 0 Å². The maximum atomic E-state index is 12.9. The lowest BCUT2D eigenvalue weighted by atomic mass is 10.1. The van der Waals surface area contributed by atoms with Crippen molar-refractivity contribution in [3.05, 3.63) is 59.7 Å². The van der Waals surface area contributed by atoms with Crippen molar-refractivity contribution in [3.8, 4) is 11.5 Å². The molecule has 0 spiro atoms. The van der Waals surface area contributed by atoms with E-state index in [1.54, 1.807) is 18.2 Å². The maximum Gasteiger partial charge on any atom is 0.360 e. The summed E-state index contributed by atoms with van der Waals surface area (Å²) in [6, 6.07) is 13.0. The Morgan fingerprint density at radius 2 is 1.69 bits per heavy atom. The van der Waals surface area contributed by atoms with Crippen LogP contribution in [-0.4, -0.2) is 51.3 Å². The first-order chi connectivity index (χ1) is 13.9. The number of aliphatic hydroxyl groups is 1. The topological polar surface area (TPSA) is 103 Å². The quantitative estimate of drug-likeness (QED) is 0.567. The highest BCUT2D eigenvalue weighted by atomic mass is 31.2. The first-order valence-corrected chi connectivity index (χ1v) is 10.5. The van der Waals surface area contributed by atoms with Crippen molar-refractivity contribution in [2.45, 2.75) is 18.3 Å². The number of aliphatic hydroxyl groups excluding tert-OH is 1. The molecule has 0 heterocycles. The number of methoxy groups -OCH3 is 2. The van der Waals surface area contributed by atoms with Crippen LogP contribution in [0.1, 0.15) is 15.9 Å². The molecule has 1 unspecified atom stereocenters. The van der Waals surface area contributed by atoms with Crippen LogP contribution in [-0.2, 0) is 20.0 Å². The minimum absolute atomic E-state index is 0.211. The zero-order valence-corrected chi connectivity index (χ0v) is 17.7. The summed E-state index contributed by atoms with van der Waals surface area (Å²) in [6.45, 7) is 0. The Bertz CT molecular complexity index is 851. The fraction of sp³-hybridized carbons (Fsp3) is 0.350. The van der Waals surface area contributed by atoms with E-state index in [1.807, 2.05) is 30.3 Å². The second-order valence-electron chi connectivity index (χ2n) is 6.15. The van der Waals surface area contributed by atoms with E-state index in [4.69, 9.17) is 18.5 Å². The fourth-order valence-electron chi connectivity index (χ4n) is 2.84. The Kier molecular flexibility index (Phi) is 8.22. The van der Waals surface area contributed by atoms with Gasteiger partial charge < -0.3 is 28.9 Å². The molecule has 29 heavy (non-hydrogen) atoms. The third-order valence-corrected chi connectivity index (χ3v) is 6.49. The lowest BCUT2D eigenvalue weighted by molar-refractivity contribution is 0.0873. The molecule has 2 aromatic carbocycles. The Balaban J connectivity index is 2.34. The van der Waals surface area contributed by atoms with Crippen LogP contribution < -0.4 is 14.8 Å². The molecule has 0 aliphatic carbocycles. The van der Waals surface area contributed by atoms with Crippen molar-refractivity contribution >= 4 is 13.5 Å². The van der Waals surface area contributed by atoms with Crippen molar-refractivity contribution in [1.82, 2.24) is 5.32 Å². The predicted molar refractivity (Wildman–Crippen MR) is 109 cm³/mol. The summed E-state index contributed by atoms with van der Waals surface area (Å²) in [4.78, 5) is 12.9. The summed E-state index contributed by atoms with van der Waals surface area (Å²) in [5.41, 5.74) is 1.07.